The average Bonchev–Trinajstić information content (AvgIpc) is 2.82. The second-order valence-corrected chi connectivity index (χ2v) is 7.25. The van der Waals surface area contributed by atoms with Gasteiger partial charge in [-0.2, -0.15) is 0 Å². The maximum atomic E-state index is 12.8. The summed E-state index contributed by atoms with van der Waals surface area (Å²) in [5, 5.41) is 2.90. The molecule has 0 bridgehead atoms. The van der Waals surface area contributed by atoms with Crippen LogP contribution < -0.4 is 5.32 Å². The normalized spacial score (nSPS) is 11.2. The van der Waals surface area contributed by atoms with Gasteiger partial charge in [0.2, 0.25) is 5.91 Å². The van der Waals surface area contributed by atoms with Crippen molar-refractivity contribution in [2.24, 2.45) is 11.8 Å². The highest BCUT2D eigenvalue weighted by Gasteiger charge is 2.21. The third kappa shape index (κ3) is 6.77. The van der Waals surface area contributed by atoms with Gasteiger partial charge in [-0.1, -0.05) is 27.7 Å². The maximum absolute atomic E-state index is 12.8. The van der Waals surface area contributed by atoms with Gasteiger partial charge in [-0.3, -0.25) is 9.59 Å². The predicted octanol–water partition coefficient (Wildman–Crippen LogP) is 3.55. The molecular weight excluding hydrogens is 304 g/mol. The number of amides is 2. The second-order valence-electron chi connectivity index (χ2n) is 7.25. The van der Waals surface area contributed by atoms with Crippen LogP contribution in [0.25, 0.3) is 0 Å². The Hall–Kier alpha value is -1.78. The molecule has 0 saturated carbocycles. The second kappa shape index (κ2) is 9.50. The lowest BCUT2D eigenvalue weighted by molar-refractivity contribution is -0.121. The summed E-state index contributed by atoms with van der Waals surface area (Å²) in [6.45, 7) is 13.8. The van der Waals surface area contributed by atoms with Crippen LogP contribution in [0, 0.1) is 25.7 Å². The number of carbonyl (C=O) groups is 2. The SMILES string of the molecule is Cc1cc(C(=O)N(CCC(=O)NCC(C)C)CCC(C)C)c(C)o1. The first-order valence-electron chi connectivity index (χ1n) is 8.83. The van der Waals surface area contributed by atoms with Crippen molar-refractivity contribution in [1.82, 2.24) is 10.2 Å². The first-order valence-corrected chi connectivity index (χ1v) is 8.83. The van der Waals surface area contributed by atoms with Gasteiger partial charge < -0.3 is 14.6 Å². The van der Waals surface area contributed by atoms with Gasteiger partial charge in [0, 0.05) is 26.1 Å². The van der Waals surface area contributed by atoms with Gasteiger partial charge in [0.15, 0.2) is 0 Å². The first-order chi connectivity index (χ1) is 11.2. The van der Waals surface area contributed by atoms with Gasteiger partial charge in [-0.25, -0.2) is 0 Å². The molecule has 5 heteroatoms. The Balaban J connectivity index is 2.71. The Bertz CT molecular complexity index is 547. The molecule has 0 aromatic carbocycles. The molecule has 1 aromatic heterocycles. The molecule has 5 nitrogen and oxygen atoms in total. The largest absolute Gasteiger partial charge is 0.466 e. The standard InChI is InChI=1S/C19H32N2O3/c1-13(2)7-9-21(10-8-18(22)20-12-14(3)4)19(23)17-11-15(5)24-16(17)6/h11,13-14H,7-10,12H2,1-6H3,(H,20,22). The molecule has 0 fully saturated rings. The fraction of sp³-hybridized carbons (Fsp3) is 0.684. The molecule has 0 aliphatic heterocycles. The Morgan fingerprint density at radius 1 is 1.12 bits per heavy atom. The number of rotatable bonds is 9. The van der Waals surface area contributed by atoms with E-state index in [1.807, 2.05) is 6.92 Å². The van der Waals surface area contributed by atoms with Crippen LogP contribution in [0.3, 0.4) is 0 Å². The Labute approximate surface area is 145 Å². The quantitative estimate of drug-likeness (QED) is 0.750. The number of aryl methyl sites for hydroxylation is 2. The summed E-state index contributed by atoms with van der Waals surface area (Å²) in [5.41, 5.74) is 0.596. The van der Waals surface area contributed by atoms with E-state index >= 15 is 0 Å². The minimum absolute atomic E-state index is 0.00820. The van der Waals surface area contributed by atoms with E-state index in [0.717, 1.165) is 12.2 Å². The van der Waals surface area contributed by atoms with Crippen molar-refractivity contribution in [3.05, 3.63) is 23.2 Å². The lowest BCUT2D eigenvalue weighted by Gasteiger charge is -2.23. The van der Waals surface area contributed by atoms with Crippen LogP contribution in [-0.2, 0) is 4.79 Å². The molecule has 24 heavy (non-hydrogen) atoms. The Morgan fingerprint density at radius 3 is 2.29 bits per heavy atom. The number of carbonyl (C=O) groups excluding carboxylic acids is 2. The van der Waals surface area contributed by atoms with Crippen molar-refractivity contribution in [3.63, 3.8) is 0 Å². The van der Waals surface area contributed by atoms with E-state index in [4.69, 9.17) is 4.42 Å². The van der Waals surface area contributed by atoms with Crippen molar-refractivity contribution in [1.29, 1.82) is 0 Å². The summed E-state index contributed by atoms with van der Waals surface area (Å²) in [5.74, 6) is 2.23. The van der Waals surface area contributed by atoms with Crippen molar-refractivity contribution in [2.75, 3.05) is 19.6 Å². The predicted molar refractivity (Wildman–Crippen MR) is 96.0 cm³/mol. The number of nitrogens with one attached hydrogen (secondary N) is 1. The highest BCUT2D eigenvalue weighted by molar-refractivity contribution is 5.95. The average molecular weight is 336 g/mol. The molecule has 0 spiro atoms. The number of furan rings is 1. The van der Waals surface area contributed by atoms with Crippen LogP contribution in [0.15, 0.2) is 10.5 Å². The molecule has 1 heterocycles. The summed E-state index contributed by atoms with van der Waals surface area (Å²) < 4.78 is 5.48. The molecule has 136 valence electrons. The highest BCUT2D eigenvalue weighted by Crippen LogP contribution is 2.17. The number of hydrogen-bond donors (Lipinski definition) is 1. The van der Waals surface area contributed by atoms with Crippen molar-refractivity contribution in [3.8, 4) is 0 Å². The lowest BCUT2D eigenvalue weighted by Crippen LogP contribution is -2.37. The van der Waals surface area contributed by atoms with Gasteiger partial charge in [0.05, 0.1) is 5.56 Å². The van der Waals surface area contributed by atoms with E-state index in [1.54, 1.807) is 17.9 Å². The molecule has 0 unspecified atom stereocenters. The zero-order valence-electron chi connectivity index (χ0n) is 15.9. The molecule has 1 N–H and O–H groups in total. The lowest BCUT2D eigenvalue weighted by atomic mass is 10.1. The van der Waals surface area contributed by atoms with Crippen LogP contribution in [0.4, 0.5) is 0 Å². The summed E-state index contributed by atoms with van der Waals surface area (Å²) in [4.78, 5) is 26.5. The smallest absolute Gasteiger partial charge is 0.257 e. The van der Waals surface area contributed by atoms with Crippen molar-refractivity contribution in [2.45, 2.75) is 54.4 Å². The van der Waals surface area contributed by atoms with Gasteiger partial charge in [0.1, 0.15) is 11.5 Å². The molecule has 1 rings (SSSR count). The monoisotopic (exact) mass is 336 g/mol. The molecule has 0 saturated heterocycles. The summed E-state index contributed by atoms with van der Waals surface area (Å²) in [6.07, 6.45) is 1.24. The molecule has 0 atom stereocenters. The van der Waals surface area contributed by atoms with Crippen molar-refractivity contribution < 1.29 is 14.0 Å². The third-order valence-electron chi connectivity index (χ3n) is 3.85. The fourth-order valence-electron chi connectivity index (χ4n) is 2.39. The van der Waals surface area contributed by atoms with Crippen LogP contribution in [0.5, 0.6) is 0 Å². The van der Waals surface area contributed by atoms with E-state index < -0.39 is 0 Å². The van der Waals surface area contributed by atoms with Gasteiger partial charge in [-0.05, 0) is 38.2 Å². The minimum Gasteiger partial charge on any atom is -0.466 e. The molecule has 2 amide bonds. The summed E-state index contributed by atoms with van der Waals surface area (Å²) >= 11 is 0. The number of hydrogen-bond acceptors (Lipinski definition) is 3. The number of nitrogens with zero attached hydrogens (tertiary/aromatic N) is 1. The van der Waals surface area contributed by atoms with Gasteiger partial charge in [0.25, 0.3) is 5.91 Å². The Kier molecular flexibility index (Phi) is 8.02. The fourth-order valence-corrected chi connectivity index (χ4v) is 2.39. The molecule has 0 aliphatic rings. The molecule has 1 aromatic rings. The summed E-state index contributed by atoms with van der Waals surface area (Å²) in [7, 11) is 0. The minimum atomic E-state index is -0.0540. The van der Waals surface area contributed by atoms with Crippen LogP contribution >= 0.6 is 0 Å². The van der Waals surface area contributed by atoms with Crippen molar-refractivity contribution >= 4 is 11.8 Å². The van der Waals surface area contributed by atoms with Crippen LogP contribution in [0.2, 0.25) is 0 Å². The van der Waals surface area contributed by atoms with Gasteiger partial charge in [-0.15, -0.1) is 0 Å². The van der Waals surface area contributed by atoms with Crippen LogP contribution in [0.1, 0.15) is 62.4 Å². The Morgan fingerprint density at radius 2 is 1.79 bits per heavy atom. The van der Waals surface area contributed by atoms with E-state index in [-0.39, 0.29) is 11.8 Å². The first kappa shape index (κ1) is 20.3. The topological polar surface area (TPSA) is 62.6 Å². The molecule has 0 aliphatic carbocycles. The van der Waals surface area contributed by atoms with Gasteiger partial charge >= 0.3 is 0 Å². The zero-order chi connectivity index (χ0) is 18.3. The summed E-state index contributed by atoms with van der Waals surface area (Å²) in [6, 6.07) is 1.78. The highest BCUT2D eigenvalue weighted by atomic mass is 16.3. The van der Waals surface area contributed by atoms with E-state index in [1.165, 1.54) is 0 Å². The van der Waals surface area contributed by atoms with Crippen LogP contribution in [-0.4, -0.2) is 36.3 Å². The third-order valence-corrected chi connectivity index (χ3v) is 3.85. The van der Waals surface area contributed by atoms with E-state index in [2.05, 4.69) is 33.0 Å². The molecular formula is C19H32N2O3. The maximum Gasteiger partial charge on any atom is 0.257 e. The van der Waals surface area contributed by atoms with E-state index in [9.17, 15) is 9.59 Å². The zero-order valence-corrected chi connectivity index (χ0v) is 15.9. The van der Waals surface area contributed by atoms with E-state index in [0.29, 0.717) is 49.2 Å². The molecule has 0 radical (unpaired) electrons.